The standard InChI is InChI=1S/C10H14ClNO2/c1-10(2,12)7-4-6(14-3)5-8(11)9(7)13/h4-5,13H,12H2,1-3H3. The van der Waals surface area contributed by atoms with E-state index in [4.69, 9.17) is 22.1 Å². The minimum Gasteiger partial charge on any atom is -0.506 e. The van der Waals surface area contributed by atoms with Gasteiger partial charge in [-0.3, -0.25) is 0 Å². The fraction of sp³-hybridized carbons (Fsp3) is 0.400. The highest BCUT2D eigenvalue weighted by Gasteiger charge is 2.21. The monoisotopic (exact) mass is 215 g/mol. The maximum atomic E-state index is 9.69. The number of aromatic hydroxyl groups is 1. The Bertz CT molecular complexity index is 345. The summed E-state index contributed by atoms with van der Waals surface area (Å²) in [5, 5.41) is 9.93. The molecule has 1 aromatic rings. The van der Waals surface area contributed by atoms with E-state index in [0.29, 0.717) is 11.3 Å². The van der Waals surface area contributed by atoms with Crippen LogP contribution in [-0.2, 0) is 5.54 Å². The molecule has 1 rings (SSSR count). The van der Waals surface area contributed by atoms with Crippen molar-refractivity contribution >= 4 is 11.6 Å². The molecule has 3 nitrogen and oxygen atoms in total. The molecular weight excluding hydrogens is 202 g/mol. The van der Waals surface area contributed by atoms with Gasteiger partial charge in [-0.1, -0.05) is 11.6 Å². The van der Waals surface area contributed by atoms with Gasteiger partial charge in [0.1, 0.15) is 11.5 Å². The van der Waals surface area contributed by atoms with Crippen molar-refractivity contribution in [2.45, 2.75) is 19.4 Å². The van der Waals surface area contributed by atoms with Crippen LogP contribution in [0.15, 0.2) is 12.1 Å². The van der Waals surface area contributed by atoms with Gasteiger partial charge in [0.05, 0.1) is 12.1 Å². The summed E-state index contributed by atoms with van der Waals surface area (Å²) in [5.74, 6) is 0.598. The van der Waals surface area contributed by atoms with Gasteiger partial charge < -0.3 is 15.6 Å². The Kier molecular flexibility index (Phi) is 2.92. The predicted octanol–water partition coefficient (Wildman–Crippen LogP) is 2.25. The Balaban J connectivity index is 3.35. The number of nitrogens with two attached hydrogens (primary N) is 1. The molecule has 0 unspecified atom stereocenters. The molecular formula is C10H14ClNO2. The van der Waals surface area contributed by atoms with Gasteiger partial charge in [0.25, 0.3) is 0 Å². The third kappa shape index (κ3) is 2.11. The third-order valence-electron chi connectivity index (χ3n) is 1.97. The van der Waals surface area contributed by atoms with Gasteiger partial charge in [0.2, 0.25) is 0 Å². The van der Waals surface area contributed by atoms with Gasteiger partial charge in [-0.25, -0.2) is 0 Å². The molecule has 78 valence electrons. The first-order chi connectivity index (χ1) is 6.36. The lowest BCUT2D eigenvalue weighted by molar-refractivity contribution is 0.404. The summed E-state index contributed by atoms with van der Waals surface area (Å²) in [4.78, 5) is 0. The van der Waals surface area contributed by atoms with Crippen molar-refractivity contribution in [3.05, 3.63) is 22.7 Å². The molecule has 4 heteroatoms. The quantitative estimate of drug-likeness (QED) is 0.796. The van der Waals surface area contributed by atoms with E-state index in [-0.39, 0.29) is 10.8 Å². The summed E-state index contributed by atoms with van der Waals surface area (Å²) in [7, 11) is 1.54. The molecule has 0 aliphatic rings. The number of methoxy groups -OCH3 is 1. The van der Waals surface area contributed by atoms with Crippen molar-refractivity contribution in [1.29, 1.82) is 0 Å². The summed E-state index contributed by atoms with van der Waals surface area (Å²) in [6.45, 7) is 3.58. The number of hydrogen-bond acceptors (Lipinski definition) is 3. The van der Waals surface area contributed by atoms with E-state index in [9.17, 15) is 5.11 Å². The molecule has 3 N–H and O–H groups in total. The Morgan fingerprint density at radius 1 is 1.43 bits per heavy atom. The predicted molar refractivity (Wildman–Crippen MR) is 56.9 cm³/mol. The summed E-state index contributed by atoms with van der Waals surface area (Å²) >= 11 is 5.82. The number of phenols is 1. The van der Waals surface area contributed by atoms with E-state index >= 15 is 0 Å². The normalized spacial score (nSPS) is 11.5. The second kappa shape index (κ2) is 3.67. The van der Waals surface area contributed by atoms with Crippen LogP contribution in [0.2, 0.25) is 5.02 Å². The molecule has 1 aromatic carbocycles. The van der Waals surface area contributed by atoms with Crippen LogP contribution in [0.4, 0.5) is 0 Å². The zero-order valence-electron chi connectivity index (χ0n) is 8.47. The Morgan fingerprint density at radius 3 is 2.43 bits per heavy atom. The number of rotatable bonds is 2. The van der Waals surface area contributed by atoms with Gasteiger partial charge in [-0.2, -0.15) is 0 Å². The molecule has 0 atom stereocenters. The minimum atomic E-state index is -0.651. The van der Waals surface area contributed by atoms with Crippen molar-refractivity contribution in [1.82, 2.24) is 0 Å². The molecule has 0 amide bonds. The fourth-order valence-corrected chi connectivity index (χ4v) is 1.39. The maximum Gasteiger partial charge on any atom is 0.139 e. The van der Waals surface area contributed by atoms with Gasteiger partial charge in [-0.05, 0) is 19.9 Å². The van der Waals surface area contributed by atoms with Gasteiger partial charge >= 0.3 is 0 Å². The largest absolute Gasteiger partial charge is 0.506 e. The Hall–Kier alpha value is -0.930. The van der Waals surface area contributed by atoms with Crippen molar-refractivity contribution in [3.8, 4) is 11.5 Å². The first kappa shape index (κ1) is 11.1. The Labute approximate surface area is 88.4 Å². The molecule has 0 aromatic heterocycles. The molecule has 0 spiro atoms. The van der Waals surface area contributed by atoms with Gasteiger partial charge in [0, 0.05) is 17.2 Å². The summed E-state index contributed by atoms with van der Waals surface area (Å²) in [5.41, 5.74) is 5.80. The average molecular weight is 216 g/mol. The number of halogens is 1. The topological polar surface area (TPSA) is 55.5 Å². The van der Waals surface area contributed by atoms with Crippen molar-refractivity contribution in [2.24, 2.45) is 5.73 Å². The zero-order valence-corrected chi connectivity index (χ0v) is 9.22. The van der Waals surface area contributed by atoms with Crippen LogP contribution in [0.25, 0.3) is 0 Å². The number of phenolic OH excluding ortho intramolecular Hbond substituents is 1. The van der Waals surface area contributed by atoms with E-state index < -0.39 is 5.54 Å². The minimum absolute atomic E-state index is 0.0139. The first-order valence-corrected chi connectivity index (χ1v) is 4.60. The second-order valence-electron chi connectivity index (χ2n) is 3.73. The highest BCUT2D eigenvalue weighted by atomic mass is 35.5. The second-order valence-corrected chi connectivity index (χ2v) is 4.13. The van der Waals surface area contributed by atoms with Crippen LogP contribution in [0, 0.1) is 0 Å². The molecule has 0 bridgehead atoms. The first-order valence-electron chi connectivity index (χ1n) is 4.22. The smallest absolute Gasteiger partial charge is 0.139 e. The highest BCUT2D eigenvalue weighted by molar-refractivity contribution is 6.32. The summed E-state index contributed by atoms with van der Waals surface area (Å²) in [6, 6.07) is 3.23. The Morgan fingerprint density at radius 2 is 2.00 bits per heavy atom. The lowest BCUT2D eigenvalue weighted by Crippen LogP contribution is -2.28. The van der Waals surface area contributed by atoms with Gasteiger partial charge in [-0.15, -0.1) is 0 Å². The summed E-state index contributed by atoms with van der Waals surface area (Å²) < 4.78 is 5.03. The lowest BCUT2D eigenvalue weighted by atomic mass is 9.94. The molecule has 0 aliphatic heterocycles. The highest BCUT2D eigenvalue weighted by Crippen LogP contribution is 2.36. The number of hydrogen-bond donors (Lipinski definition) is 2. The maximum absolute atomic E-state index is 9.69. The molecule has 0 saturated heterocycles. The van der Waals surface area contributed by atoms with Crippen molar-refractivity contribution < 1.29 is 9.84 Å². The fourth-order valence-electron chi connectivity index (χ4n) is 1.18. The van der Waals surface area contributed by atoms with Crippen molar-refractivity contribution in [3.63, 3.8) is 0 Å². The SMILES string of the molecule is COc1cc(Cl)c(O)c(C(C)(C)N)c1. The summed E-state index contributed by atoms with van der Waals surface area (Å²) in [6.07, 6.45) is 0. The van der Waals surface area contributed by atoms with Crippen LogP contribution in [-0.4, -0.2) is 12.2 Å². The van der Waals surface area contributed by atoms with Gasteiger partial charge in [0.15, 0.2) is 0 Å². The lowest BCUT2D eigenvalue weighted by Gasteiger charge is -2.21. The van der Waals surface area contributed by atoms with E-state index in [0.717, 1.165) is 0 Å². The van der Waals surface area contributed by atoms with Crippen LogP contribution in [0.1, 0.15) is 19.4 Å². The molecule has 0 aliphatic carbocycles. The molecule has 0 heterocycles. The molecule has 14 heavy (non-hydrogen) atoms. The van der Waals surface area contributed by atoms with Crippen LogP contribution >= 0.6 is 11.6 Å². The van der Waals surface area contributed by atoms with E-state index in [2.05, 4.69) is 0 Å². The third-order valence-corrected chi connectivity index (χ3v) is 2.25. The molecule has 0 radical (unpaired) electrons. The molecule has 0 saturated carbocycles. The van der Waals surface area contributed by atoms with E-state index in [1.165, 1.54) is 7.11 Å². The van der Waals surface area contributed by atoms with Crippen LogP contribution in [0.5, 0.6) is 11.5 Å². The number of benzene rings is 1. The van der Waals surface area contributed by atoms with Crippen molar-refractivity contribution in [2.75, 3.05) is 7.11 Å². The van der Waals surface area contributed by atoms with E-state index in [1.54, 1.807) is 26.0 Å². The number of ether oxygens (including phenoxy) is 1. The zero-order chi connectivity index (χ0) is 10.9. The van der Waals surface area contributed by atoms with E-state index in [1.807, 2.05) is 0 Å². The average Bonchev–Trinajstić information content (AvgIpc) is 2.07. The molecule has 0 fully saturated rings. The van der Waals surface area contributed by atoms with Crippen LogP contribution < -0.4 is 10.5 Å². The van der Waals surface area contributed by atoms with Crippen LogP contribution in [0.3, 0.4) is 0 Å².